The third-order valence-electron chi connectivity index (χ3n) is 2.92. The topological polar surface area (TPSA) is 38.2 Å². The quantitative estimate of drug-likeness (QED) is 0.714. The summed E-state index contributed by atoms with van der Waals surface area (Å²) >= 11 is 9.49. The molecule has 1 aromatic heterocycles. The van der Waals surface area contributed by atoms with E-state index >= 15 is 0 Å². The highest BCUT2D eigenvalue weighted by Gasteiger charge is 2.20. The second-order valence-electron chi connectivity index (χ2n) is 3.96. The molecule has 4 nitrogen and oxygen atoms in total. The van der Waals surface area contributed by atoms with Gasteiger partial charge in [0, 0.05) is 19.7 Å². The minimum atomic E-state index is 0.419. The van der Waals surface area contributed by atoms with Gasteiger partial charge in [0.15, 0.2) is 0 Å². The van der Waals surface area contributed by atoms with Crippen molar-refractivity contribution in [2.24, 2.45) is 0 Å². The molecule has 0 spiro atoms. The lowest BCUT2D eigenvalue weighted by Crippen LogP contribution is -2.38. The Morgan fingerprint density at radius 3 is 2.61 bits per heavy atom. The summed E-state index contributed by atoms with van der Waals surface area (Å²) in [5.41, 5.74) is 0. The van der Waals surface area contributed by atoms with E-state index in [0.717, 1.165) is 29.7 Å². The van der Waals surface area contributed by atoms with Gasteiger partial charge in [0.1, 0.15) is 17.3 Å². The number of hydrogen-bond donors (Lipinski definition) is 0. The van der Waals surface area contributed by atoms with E-state index in [0.29, 0.717) is 17.8 Å². The highest BCUT2D eigenvalue weighted by Crippen LogP contribution is 2.31. The van der Waals surface area contributed by atoms with Gasteiger partial charge in [-0.05, 0) is 28.8 Å². The fourth-order valence-electron chi connectivity index (χ4n) is 1.92. The van der Waals surface area contributed by atoms with Gasteiger partial charge in [-0.15, -0.1) is 0 Å². The Morgan fingerprint density at radius 2 is 2.06 bits per heavy atom. The van der Waals surface area contributed by atoms with E-state index in [2.05, 4.69) is 44.6 Å². The number of methoxy groups -OCH3 is 1. The molecule has 0 unspecified atom stereocenters. The molecule has 0 saturated heterocycles. The molecule has 6 heteroatoms. The summed E-state index contributed by atoms with van der Waals surface area (Å²) in [5.74, 6) is 0.834. The highest BCUT2D eigenvalue weighted by atomic mass is 79.9. The predicted molar refractivity (Wildman–Crippen MR) is 78.3 cm³/mol. The van der Waals surface area contributed by atoms with Gasteiger partial charge in [0.2, 0.25) is 0 Å². The maximum absolute atomic E-state index is 6.03. The molecule has 102 valence electrons. The summed E-state index contributed by atoms with van der Waals surface area (Å²) in [5, 5.41) is 0.438. The smallest absolute Gasteiger partial charge is 0.148 e. The highest BCUT2D eigenvalue weighted by molar-refractivity contribution is 9.10. The number of aromatic nitrogens is 2. The van der Waals surface area contributed by atoms with E-state index in [1.165, 1.54) is 6.33 Å². The van der Waals surface area contributed by atoms with Gasteiger partial charge in [-0.3, -0.25) is 0 Å². The van der Waals surface area contributed by atoms with Crippen molar-refractivity contribution in [3.05, 3.63) is 16.0 Å². The van der Waals surface area contributed by atoms with Crippen molar-refractivity contribution in [3.8, 4) is 0 Å². The molecule has 0 amide bonds. The molecule has 0 N–H and O–H groups in total. The van der Waals surface area contributed by atoms with Crippen LogP contribution < -0.4 is 4.90 Å². The van der Waals surface area contributed by atoms with Crippen molar-refractivity contribution < 1.29 is 4.74 Å². The van der Waals surface area contributed by atoms with Gasteiger partial charge in [-0.1, -0.05) is 25.4 Å². The Balaban J connectivity index is 3.04. The van der Waals surface area contributed by atoms with Crippen molar-refractivity contribution in [3.63, 3.8) is 0 Å². The van der Waals surface area contributed by atoms with Crippen molar-refractivity contribution in [2.75, 3.05) is 25.2 Å². The van der Waals surface area contributed by atoms with E-state index < -0.39 is 0 Å². The molecule has 0 aliphatic rings. The Bertz CT molecular complexity index is 374. The van der Waals surface area contributed by atoms with Gasteiger partial charge in [0.25, 0.3) is 0 Å². The molecule has 0 bridgehead atoms. The average molecular weight is 337 g/mol. The molecule has 18 heavy (non-hydrogen) atoms. The number of rotatable bonds is 7. The van der Waals surface area contributed by atoms with Crippen LogP contribution in [0.4, 0.5) is 5.82 Å². The summed E-state index contributed by atoms with van der Waals surface area (Å²) in [6, 6.07) is 0.419. The van der Waals surface area contributed by atoms with Crippen LogP contribution in [0.2, 0.25) is 5.15 Å². The Morgan fingerprint density at radius 1 is 1.39 bits per heavy atom. The number of halogens is 2. The van der Waals surface area contributed by atoms with Gasteiger partial charge >= 0.3 is 0 Å². The fourth-order valence-corrected chi connectivity index (χ4v) is 2.48. The molecule has 0 aliphatic carbocycles. The summed E-state index contributed by atoms with van der Waals surface area (Å²) in [4.78, 5) is 10.5. The maximum Gasteiger partial charge on any atom is 0.148 e. The summed E-state index contributed by atoms with van der Waals surface area (Å²) < 4.78 is 5.91. The second kappa shape index (κ2) is 7.92. The molecule has 0 aliphatic heterocycles. The third kappa shape index (κ3) is 3.80. The first kappa shape index (κ1) is 15.7. The zero-order valence-corrected chi connectivity index (χ0v) is 13.3. The van der Waals surface area contributed by atoms with Crippen LogP contribution in [0.1, 0.15) is 26.7 Å². The Labute approximate surface area is 122 Å². The van der Waals surface area contributed by atoms with Crippen LogP contribution >= 0.6 is 27.5 Å². The largest absolute Gasteiger partial charge is 0.383 e. The van der Waals surface area contributed by atoms with Crippen LogP contribution in [-0.4, -0.2) is 36.3 Å². The standard InChI is InChI=1S/C12H19BrClN3O/c1-4-9(5-2)17(6-7-18-3)12-10(13)11(14)15-8-16-12/h8-9H,4-7H2,1-3H3. The molecule has 1 aromatic rings. The van der Waals surface area contributed by atoms with E-state index in [4.69, 9.17) is 16.3 Å². The van der Waals surface area contributed by atoms with E-state index in [1.54, 1.807) is 7.11 Å². The number of anilines is 1. The minimum Gasteiger partial charge on any atom is -0.383 e. The molecular weight excluding hydrogens is 318 g/mol. The summed E-state index contributed by atoms with van der Waals surface area (Å²) in [6.45, 7) is 5.79. The van der Waals surface area contributed by atoms with Crippen LogP contribution in [0.3, 0.4) is 0 Å². The zero-order chi connectivity index (χ0) is 13.5. The van der Waals surface area contributed by atoms with Crippen molar-refractivity contribution in [2.45, 2.75) is 32.7 Å². The summed E-state index contributed by atoms with van der Waals surface area (Å²) in [6.07, 6.45) is 3.59. The van der Waals surface area contributed by atoms with E-state index in [-0.39, 0.29) is 0 Å². The normalized spacial score (nSPS) is 11.0. The van der Waals surface area contributed by atoms with Crippen LogP contribution in [0.5, 0.6) is 0 Å². The van der Waals surface area contributed by atoms with Gasteiger partial charge in [-0.25, -0.2) is 9.97 Å². The maximum atomic E-state index is 6.03. The molecule has 0 saturated carbocycles. The van der Waals surface area contributed by atoms with Crippen LogP contribution in [-0.2, 0) is 4.74 Å². The number of nitrogens with zero attached hydrogens (tertiary/aromatic N) is 3. The summed E-state index contributed by atoms with van der Waals surface area (Å²) in [7, 11) is 1.70. The zero-order valence-electron chi connectivity index (χ0n) is 11.0. The molecule has 0 aromatic carbocycles. The first-order valence-corrected chi connectivity index (χ1v) is 7.24. The Hall–Kier alpha value is -0.390. The van der Waals surface area contributed by atoms with Crippen LogP contribution in [0, 0.1) is 0 Å². The lowest BCUT2D eigenvalue weighted by Gasteiger charge is -2.32. The van der Waals surface area contributed by atoms with Crippen molar-refractivity contribution in [1.82, 2.24) is 9.97 Å². The average Bonchev–Trinajstić information content (AvgIpc) is 2.38. The number of ether oxygens (including phenoxy) is 1. The molecule has 1 heterocycles. The molecule has 1 rings (SSSR count). The predicted octanol–water partition coefficient (Wildman–Crippen LogP) is 3.53. The lowest BCUT2D eigenvalue weighted by molar-refractivity contribution is 0.202. The third-order valence-corrected chi connectivity index (χ3v) is 4.17. The second-order valence-corrected chi connectivity index (χ2v) is 5.11. The SMILES string of the molecule is CCC(CC)N(CCOC)c1ncnc(Cl)c1Br. The first-order valence-electron chi connectivity index (χ1n) is 6.07. The van der Waals surface area contributed by atoms with Crippen molar-refractivity contribution >= 4 is 33.3 Å². The van der Waals surface area contributed by atoms with Crippen LogP contribution in [0.25, 0.3) is 0 Å². The van der Waals surface area contributed by atoms with E-state index in [1.807, 2.05) is 0 Å². The lowest BCUT2D eigenvalue weighted by atomic mass is 10.1. The Kier molecular flexibility index (Phi) is 6.89. The van der Waals surface area contributed by atoms with Gasteiger partial charge < -0.3 is 9.64 Å². The molecule has 0 radical (unpaired) electrons. The fraction of sp³-hybridized carbons (Fsp3) is 0.667. The van der Waals surface area contributed by atoms with Crippen LogP contribution in [0.15, 0.2) is 10.8 Å². The molecular formula is C12H19BrClN3O. The van der Waals surface area contributed by atoms with Gasteiger partial charge in [0.05, 0.1) is 11.1 Å². The molecule has 0 atom stereocenters. The monoisotopic (exact) mass is 335 g/mol. The minimum absolute atomic E-state index is 0.419. The van der Waals surface area contributed by atoms with E-state index in [9.17, 15) is 0 Å². The first-order chi connectivity index (χ1) is 8.65. The number of hydrogen-bond acceptors (Lipinski definition) is 4. The van der Waals surface area contributed by atoms with Gasteiger partial charge in [-0.2, -0.15) is 0 Å². The van der Waals surface area contributed by atoms with Crippen molar-refractivity contribution in [1.29, 1.82) is 0 Å². The molecule has 0 fully saturated rings.